The number of hydrogen-bond acceptors (Lipinski definition) is 14. The number of ether oxygens (including phenoxy) is 6. The number of carbonyl (C=O) groups is 3. The summed E-state index contributed by atoms with van der Waals surface area (Å²) < 4.78 is 35.4. The summed E-state index contributed by atoms with van der Waals surface area (Å²) in [5, 5.41) is 35.8. The number of rotatable bonds is 6. The van der Waals surface area contributed by atoms with E-state index in [9.17, 15) is 29.7 Å². The second-order valence-corrected chi connectivity index (χ2v) is 13.7. The number of aliphatic hydroxyl groups is 1. The molecule has 50 heavy (non-hydrogen) atoms. The van der Waals surface area contributed by atoms with Gasteiger partial charge in [-0.15, -0.1) is 0 Å². The number of benzene rings is 2. The van der Waals surface area contributed by atoms with Crippen molar-refractivity contribution in [3.8, 4) is 17.2 Å². The number of aromatic hydroxyl groups is 2. The van der Waals surface area contributed by atoms with Crippen LogP contribution in [0.3, 0.4) is 0 Å². The van der Waals surface area contributed by atoms with E-state index in [2.05, 4.69) is 11.5 Å². The van der Waals surface area contributed by atoms with E-state index in [-0.39, 0.29) is 58.6 Å². The zero-order chi connectivity index (χ0) is 35.2. The number of methoxy groups -OCH3 is 2. The van der Waals surface area contributed by atoms with Crippen LogP contribution in [-0.4, -0.2) is 126 Å². The molecule has 2 aromatic carbocycles. The van der Waals surface area contributed by atoms with E-state index in [0.29, 0.717) is 32.8 Å². The van der Waals surface area contributed by atoms with Crippen molar-refractivity contribution in [3.05, 3.63) is 63.9 Å². The SMILES string of the molecule is C=C1O[C@@H](O[C@H]2C[C@](O)(C(=O)N3CC(CN)C3)Cc3c(O)c4c(c(O)c32)C(=O)c2c(OC)cccc2C4=O)C[C@H]2[C@@H]1O[C@@H]1[C@@H](OC)OCCN12. The number of likely N-dealkylation sites (tertiary alicyclic amines) is 1. The molecule has 5 N–H and O–H groups in total. The van der Waals surface area contributed by atoms with Gasteiger partial charge in [0.2, 0.25) is 12.1 Å². The first-order chi connectivity index (χ1) is 24.0. The smallest absolute Gasteiger partial charge is 0.255 e. The number of phenolic OH excluding ortho intramolecular Hbond substituents is 2. The Morgan fingerprint density at radius 2 is 1.88 bits per heavy atom. The van der Waals surface area contributed by atoms with E-state index >= 15 is 0 Å². The van der Waals surface area contributed by atoms with Crippen LogP contribution in [0.1, 0.15) is 61.9 Å². The van der Waals surface area contributed by atoms with Gasteiger partial charge in [-0.2, -0.15) is 0 Å². The lowest BCUT2D eigenvalue weighted by molar-refractivity contribution is -0.243. The molecular weight excluding hydrogens is 654 g/mol. The van der Waals surface area contributed by atoms with Crippen LogP contribution in [-0.2, 0) is 34.9 Å². The van der Waals surface area contributed by atoms with Gasteiger partial charge in [0.15, 0.2) is 18.3 Å². The number of morpholine rings is 1. The predicted octanol–water partition coefficient (Wildman–Crippen LogP) is 0.692. The van der Waals surface area contributed by atoms with Crippen molar-refractivity contribution in [1.82, 2.24) is 9.80 Å². The van der Waals surface area contributed by atoms with E-state index in [4.69, 9.17) is 34.2 Å². The summed E-state index contributed by atoms with van der Waals surface area (Å²) in [4.78, 5) is 45.4. The molecule has 8 rings (SSSR count). The topological polar surface area (TPSA) is 200 Å². The molecule has 4 saturated heterocycles. The lowest BCUT2D eigenvalue weighted by Gasteiger charge is -2.46. The maximum absolute atomic E-state index is 14.0. The molecule has 2 aliphatic carbocycles. The summed E-state index contributed by atoms with van der Waals surface area (Å²) in [6, 6.07) is 4.24. The number of amides is 1. The second-order valence-electron chi connectivity index (χ2n) is 13.7. The van der Waals surface area contributed by atoms with Crippen LogP contribution in [0.2, 0.25) is 0 Å². The van der Waals surface area contributed by atoms with E-state index in [1.54, 1.807) is 6.07 Å². The summed E-state index contributed by atoms with van der Waals surface area (Å²) >= 11 is 0. The molecule has 0 saturated carbocycles. The Balaban J connectivity index is 1.19. The zero-order valence-corrected chi connectivity index (χ0v) is 27.6. The van der Waals surface area contributed by atoms with Crippen molar-refractivity contribution >= 4 is 17.5 Å². The van der Waals surface area contributed by atoms with Gasteiger partial charge in [-0.05, 0) is 12.6 Å². The van der Waals surface area contributed by atoms with Crippen LogP contribution in [0.4, 0.5) is 0 Å². The largest absolute Gasteiger partial charge is 0.507 e. The fourth-order valence-electron chi connectivity index (χ4n) is 8.41. The van der Waals surface area contributed by atoms with Crippen LogP contribution in [0.5, 0.6) is 17.2 Å². The van der Waals surface area contributed by atoms with Gasteiger partial charge in [-0.25, -0.2) is 0 Å². The molecule has 0 unspecified atom stereocenters. The summed E-state index contributed by atoms with van der Waals surface area (Å²) in [5.41, 5.74) is 2.67. The van der Waals surface area contributed by atoms with Crippen LogP contribution < -0.4 is 10.5 Å². The fraction of sp³-hybridized carbons (Fsp3) is 0.514. The number of nitrogens with two attached hydrogens (primary N) is 1. The van der Waals surface area contributed by atoms with Crippen LogP contribution >= 0.6 is 0 Å². The van der Waals surface area contributed by atoms with Gasteiger partial charge in [0, 0.05) is 68.6 Å². The van der Waals surface area contributed by atoms with Gasteiger partial charge in [-0.3, -0.25) is 19.3 Å². The Hall–Kier alpha value is -4.09. The average Bonchev–Trinajstić information content (AvgIpc) is 3.47. The van der Waals surface area contributed by atoms with Crippen LogP contribution in [0.25, 0.3) is 0 Å². The molecule has 0 spiro atoms. The van der Waals surface area contributed by atoms with Crippen molar-refractivity contribution < 1.29 is 58.1 Å². The molecule has 266 valence electrons. The average molecular weight is 694 g/mol. The highest BCUT2D eigenvalue weighted by Gasteiger charge is 2.55. The lowest BCUT2D eigenvalue weighted by Crippen LogP contribution is -2.61. The third-order valence-corrected chi connectivity index (χ3v) is 10.9. The number of carbonyl (C=O) groups excluding carboxylic acids is 3. The van der Waals surface area contributed by atoms with Gasteiger partial charge in [0.25, 0.3) is 5.91 Å². The van der Waals surface area contributed by atoms with E-state index in [1.807, 2.05) is 0 Å². The number of fused-ring (bicyclic) bond motifs is 6. The highest BCUT2D eigenvalue weighted by atomic mass is 16.7. The summed E-state index contributed by atoms with van der Waals surface area (Å²) in [6.07, 6.45) is -4.46. The van der Waals surface area contributed by atoms with Crippen molar-refractivity contribution in [2.75, 3.05) is 47.0 Å². The van der Waals surface area contributed by atoms with Gasteiger partial charge >= 0.3 is 0 Å². The molecule has 4 aliphatic heterocycles. The highest BCUT2D eigenvalue weighted by Crippen LogP contribution is 2.53. The number of ketones is 2. The Bertz CT molecular complexity index is 1810. The highest BCUT2D eigenvalue weighted by molar-refractivity contribution is 6.31. The number of phenols is 2. The standard InChI is InChI=1S/C35H39N3O12/c1-15-31-19(38-7-8-47-33(46-3)32(38)50-31)9-22(48-15)49-21-11-35(44,34(43)37-13-16(12-36)14-37)10-18-24(21)30(42)26-25(28(18)40)27(39)17-5-4-6-20(45-2)23(17)29(26)41/h4-6,16,19,21-22,31-33,40,42,44H,1,7-14,36H2,2-3H3/t19-,21-,22-,31+,32+,33-,35-/m0/s1. The van der Waals surface area contributed by atoms with Crippen molar-refractivity contribution in [1.29, 1.82) is 0 Å². The number of hydrogen-bond donors (Lipinski definition) is 4. The van der Waals surface area contributed by atoms with E-state index in [0.717, 1.165) is 0 Å². The van der Waals surface area contributed by atoms with Gasteiger partial charge < -0.3 is 54.4 Å². The first-order valence-electron chi connectivity index (χ1n) is 16.6. The summed E-state index contributed by atoms with van der Waals surface area (Å²) in [5.74, 6) is -2.77. The molecule has 7 atom stereocenters. The molecule has 0 aromatic heterocycles. The van der Waals surface area contributed by atoms with Gasteiger partial charge in [-0.1, -0.05) is 18.7 Å². The molecule has 1 amide bonds. The zero-order valence-electron chi connectivity index (χ0n) is 27.6. The molecule has 4 heterocycles. The minimum Gasteiger partial charge on any atom is -0.507 e. The predicted molar refractivity (Wildman–Crippen MR) is 170 cm³/mol. The minimum atomic E-state index is -2.11. The quantitative estimate of drug-likeness (QED) is 0.263. The first kappa shape index (κ1) is 33.1. The maximum Gasteiger partial charge on any atom is 0.255 e. The molecule has 15 nitrogen and oxygen atoms in total. The number of nitrogens with zero attached hydrogens (tertiary/aromatic N) is 2. The Morgan fingerprint density at radius 1 is 1.12 bits per heavy atom. The van der Waals surface area contributed by atoms with E-state index in [1.165, 1.54) is 31.3 Å². The normalized spacial score (nSPS) is 31.9. The van der Waals surface area contributed by atoms with Gasteiger partial charge in [0.1, 0.15) is 34.7 Å². The van der Waals surface area contributed by atoms with Gasteiger partial charge in [0.05, 0.1) is 42.6 Å². The van der Waals surface area contributed by atoms with Crippen LogP contribution in [0, 0.1) is 5.92 Å². The monoisotopic (exact) mass is 693 g/mol. The Labute approximate surface area is 287 Å². The summed E-state index contributed by atoms with van der Waals surface area (Å²) in [7, 11) is 2.89. The molecule has 0 bridgehead atoms. The molecule has 0 radical (unpaired) electrons. The Morgan fingerprint density at radius 3 is 2.60 bits per heavy atom. The van der Waals surface area contributed by atoms with Crippen LogP contribution in [0.15, 0.2) is 30.5 Å². The third-order valence-electron chi connectivity index (χ3n) is 10.9. The molecule has 6 aliphatic rings. The molecule has 15 heteroatoms. The van der Waals surface area contributed by atoms with Crippen molar-refractivity contribution in [3.63, 3.8) is 0 Å². The van der Waals surface area contributed by atoms with E-state index < -0.39 is 83.1 Å². The minimum absolute atomic E-state index is 0.0144. The third kappa shape index (κ3) is 4.79. The Kier molecular flexibility index (Phi) is 7.95. The molecular formula is C35H39N3O12. The molecule has 4 fully saturated rings. The molecule has 2 aromatic rings. The second kappa shape index (κ2) is 12.0. The summed E-state index contributed by atoms with van der Waals surface area (Å²) in [6.45, 7) is 6.11. The lowest BCUT2D eigenvalue weighted by atomic mass is 9.72. The van der Waals surface area contributed by atoms with Crippen molar-refractivity contribution in [2.24, 2.45) is 11.7 Å². The fourth-order valence-corrected chi connectivity index (χ4v) is 8.41. The first-order valence-corrected chi connectivity index (χ1v) is 16.6. The maximum atomic E-state index is 14.0. The van der Waals surface area contributed by atoms with Crippen molar-refractivity contribution in [2.45, 2.75) is 61.9 Å².